The van der Waals surface area contributed by atoms with Gasteiger partial charge in [-0.3, -0.25) is 9.69 Å². The van der Waals surface area contributed by atoms with Crippen molar-refractivity contribution in [2.75, 3.05) is 32.7 Å². The maximum atomic E-state index is 13.3. The summed E-state index contributed by atoms with van der Waals surface area (Å²) in [5.74, 6) is -0.154. The lowest BCUT2D eigenvalue weighted by Crippen LogP contribution is -2.48. The molecular formula is C23H28F2N2O. The molecule has 0 aromatic heterocycles. The van der Waals surface area contributed by atoms with Crippen molar-refractivity contribution in [1.29, 1.82) is 0 Å². The van der Waals surface area contributed by atoms with Crippen LogP contribution in [0.3, 0.4) is 0 Å². The molecule has 0 spiro atoms. The highest BCUT2D eigenvalue weighted by molar-refractivity contribution is 5.75. The molecule has 0 saturated carbocycles. The van der Waals surface area contributed by atoms with E-state index in [1.54, 1.807) is 0 Å². The van der Waals surface area contributed by atoms with Gasteiger partial charge in [0.1, 0.15) is 11.6 Å². The number of rotatable bonds is 7. The number of piperazine rings is 1. The van der Waals surface area contributed by atoms with Gasteiger partial charge in [0.25, 0.3) is 0 Å². The average Bonchev–Trinajstić information content (AvgIpc) is 2.73. The first-order chi connectivity index (χ1) is 13.6. The van der Waals surface area contributed by atoms with E-state index in [-0.39, 0.29) is 23.5 Å². The molecule has 0 atom stereocenters. The second-order valence-electron chi connectivity index (χ2n) is 7.37. The summed E-state index contributed by atoms with van der Waals surface area (Å²) >= 11 is 0. The van der Waals surface area contributed by atoms with Crippen molar-refractivity contribution in [2.45, 2.75) is 32.1 Å². The second-order valence-corrected chi connectivity index (χ2v) is 7.37. The van der Waals surface area contributed by atoms with Crippen molar-refractivity contribution in [1.82, 2.24) is 9.80 Å². The molecule has 3 nitrogen and oxygen atoms in total. The van der Waals surface area contributed by atoms with Gasteiger partial charge < -0.3 is 4.90 Å². The molecule has 1 aliphatic rings. The van der Waals surface area contributed by atoms with Gasteiger partial charge in [-0.1, -0.05) is 31.2 Å². The Kier molecular flexibility index (Phi) is 7.15. The molecule has 1 amide bonds. The number of carbonyl (C=O) groups excluding carboxylic acids is 1. The average molecular weight is 386 g/mol. The van der Waals surface area contributed by atoms with Crippen LogP contribution in [-0.4, -0.2) is 48.4 Å². The van der Waals surface area contributed by atoms with E-state index in [1.165, 1.54) is 24.3 Å². The Morgan fingerprint density at radius 2 is 1.39 bits per heavy atom. The number of hydrogen-bond donors (Lipinski definition) is 0. The number of benzene rings is 2. The Labute approximate surface area is 166 Å². The normalized spacial score (nSPS) is 15.2. The second kappa shape index (κ2) is 9.78. The van der Waals surface area contributed by atoms with Crippen molar-refractivity contribution < 1.29 is 13.6 Å². The fourth-order valence-corrected chi connectivity index (χ4v) is 3.88. The van der Waals surface area contributed by atoms with Crippen LogP contribution >= 0.6 is 0 Å². The number of carbonyl (C=O) groups is 1. The zero-order valence-corrected chi connectivity index (χ0v) is 16.4. The summed E-state index contributed by atoms with van der Waals surface area (Å²) in [5.41, 5.74) is 2.10. The van der Waals surface area contributed by atoms with Gasteiger partial charge in [-0.2, -0.15) is 0 Å². The predicted molar refractivity (Wildman–Crippen MR) is 107 cm³/mol. The van der Waals surface area contributed by atoms with Crippen LogP contribution in [0.4, 0.5) is 8.78 Å². The van der Waals surface area contributed by atoms with Crippen molar-refractivity contribution in [2.24, 2.45) is 0 Å². The van der Waals surface area contributed by atoms with Gasteiger partial charge in [0.2, 0.25) is 5.91 Å². The number of amides is 1. The first kappa shape index (κ1) is 20.5. The van der Waals surface area contributed by atoms with Gasteiger partial charge in [-0.15, -0.1) is 0 Å². The van der Waals surface area contributed by atoms with Crippen LogP contribution in [0.5, 0.6) is 0 Å². The van der Waals surface area contributed by atoms with Gasteiger partial charge in [-0.25, -0.2) is 8.78 Å². The van der Waals surface area contributed by atoms with Gasteiger partial charge in [-0.05, 0) is 54.8 Å². The third-order valence-corrected chi connectivity index (χ3v) is 5.54. The fourth-order valence-electron chi connectivity index (χ4n) is 3.88. The van der Waals surface area contributed by atoms with E-state index in [1.807, 2.05) is 36.1 Å². The Balaban J connectivity index is 1.59. The van der Waals surface area contributed by atoms with Crippen molar-refractivity contribution in [3.63, 3.8) is 0 Å². The number of hydrogen-bond acceptors (Lipinski definition) is 2. The summed E-state index contributed by atoms with van der Waals surface area (Å²) in [7, 11) is 0. The fraction of sp³-hybridized carbons (Fsp3) is 0.435. The van der Waals surface area contributed by atoms with Crippen LogP contribution in [0.25, 0.3) is 0 Å². The van der Waals surface area contributed by atoms with Gasteiger partial charge in [0.05, 0.1) is 0 Å². The summed E-state index contributed by atoms with van der Waals surface area (Å²) in [6.45, 7) is 6.28. The van der Waals surface area contributed by atoms with Crippen molar-refractivity contribution in [3.8, 4) is 0 Å². The molecule has 5 heteroatoms. The molecule has 0 bridgehead atoms. The first-order valence-corrected chi connectivity index (χ1v) is 10.1. The molecule has 0 N–H and O–H groups in total. The van der Waals surface area contributed by atoms with Crippen LogP contribution in [0, 0.1) is 11.6 Å². The largest absolute Gasteiger partial charge is 0.340 e. The molecule has 150 valence electrons. The Bertz CT molecular complexity index is 708. The quantitative estimate of drug-likeness (QED) is 0.703. The van der Waals surface area contributed by atoms with Crippen LogP contribution in [0.2, 0.25) is 0 Å². The summed E-state index contributed by atoms with van der Waals surface area (Å²) < 4.78 is 26.7. The highest BCUT2D eigenvalue weighted by Gasteiger charge is 2.20. The van der Waals surface area contributed by atoms with Crippen molar-refractivity contribution in [3.05, 3.63) is 71.3 Å². The van der Waals surface area contributed by atoms with Crippen LogP contribution in [-0.2, 0) is 4.79 Å². The molecule has 1 aliphatic heterocycles. The minimum absolute atomic E-state index is 0.115. The molecule has 0 radical (unpaired) electrons. The molecular weight excluding hydrogens is 358 g/mol. The molecule has 0 unspecified atom stereocenters. The third kappa shape index (κ3) is 5.38. The Morgan fingerprint density at radius 3 is 1.86 bits per heavy atom. The summed E-state index contributed by atoms with van der Waals surface area (Å²) in [4.78, 5) is 16.1. The first-order valence-electron chi connectivity index (χ1n) is 10.1. The maximum Gasteiger partial charge on any atom is 0.222 e. The smallest absolute Gasteiger partial charge is 0.222 e. The summed E-state index contributed by atoms with van der Waals surface area (Å²) in [5, 5.41) is 0. The van der Waals surface area contributed by atoms with E-state index in [0.717, 1.165) is 56.7 Å². The monoisotopic (exact) mass is 386 g/mol. The van der Waals surface area contributed by atoms with Crippen LogP contribution < -0.4 is 0 Å². The molecule has 1 heterocycles. The Hall–Kier alpha value is -2.27. The van der Waals surface area contributed by atoms with E-state index < -0.39 is 0 Å². The summed E-state index contributed by atoms with van der Waals surface area (Å²) in [6.07, 6.45) is 2.46. The zero-order valence-electron chi connectivity index (χ0n) is 16.4. The Morgan fingerprint density at radius 1 is 0.893 bits per heavy atom. The van der Waals surface area contributed by atoms with E-state index >= 15 is 0 Å². The van der Waals surface area contributed by atoms with E-state index in [2.05, 4.69) is 4.90 Å². The van der Waals surface area contributed by atoms with E-state index in [0.29, 0.717) is 6.42 Å². The van der Waals surface area contributed by atoms with Crippen LogP contribution in [0.1, 0.15) is 43.2 Å². The molecule has 2 aromatic carbocycles. The van der Waals surface area contributed by atoms with Crippen molar-refractivity contribution >= 4 is 5.91 Å². The highest BCUT2D eigenvalue weighted by atomic mass is 19.1. The highest BCUT2D eigenvalue weighted by Crippen LogP contribution is 2.30. The zero-order chi connectivity index (χ0) is 19.9. The summed E-state index contributed by atoms with van der Waals surface area (Å²) in [6, 6.07) is 13.2. The predicted octanol–water partition coefficient (Wildman–Crippen LogP) is 4.43. The molecule has 1 fully saturated rings. The standard InChI is InChI=1S/C23H28F2N2O/c1-2-23(28)27-16-14-26(15-17-27)13-3-4-22(18-5-9-20(24)10-6-18)19-7-11-21(25)12-8-19/h5-12,22H,2-4,13-17H2,1H3. The lowest BCUT2D eigenvalue weighted by Gasteiger charge is -2.35. The van der Waals surface area contributed by atoms with Crippen LogP contribution in [0.15, 0.2) is 48.5 Å². The molecule has 3 rings (SSSR count). The van der Waals surface area contributed by atoms with Gasteiger partial charge in [0, 0.05) is 38.5 Å². The molecule has 2 aromatic rings. The minimum Gasteiger partial charge on any atom is -0.340 e. The topological polar surface area (TPSA) is 23.6 Å². The molecule has 1 saturated heterocycles. The SMILES string of the molecule is CCC(=O)N1CCN(CCCC(c2ccc(F)cc2)c2ccc(F)cc2)CC1. The lowest BCUT2D eigenvalue weighted by atomic mass is 9.87. The van der Waals surface area contributed by atoms with E-state index in [9.17, 15) is 13.6 Å². The van der Waals surface area contributed by atoms with E-state index in [4.69, 9.17) is 0 Å². The maximum absolute atomic E-state index is 13.3. The number of nitrogens with zero attached hydrogens (tertiary/aromatic N) is 2. The van der Waals surface area contributed by atoms with Gasteiger partial charge in [0.15, 0.2) is 0 Å². The minimum atomic E-state index is -0.249. The lowest BCUT2D eigenvalue weighted by molar-refractivity contribution is -0.132. The molecule has 0 aliphatic carbocycles. The third-order valence-electron chi connectivity index (χ3n) is 5.54. The molecule has 28 heavy (non-hydrogen) atoms. The number of halogens is 2. The van der Waals surface area contributed by atoms with Gasteiger partial charge >= 0.3 is 0 Å².